The summed E-state index contributed by atoms with van der Waals surface area (Å²) in [6.07, 6.45) is 0. The van der Waals surface area contributed by atoms with Crippen molar-refractivity contribution in [2.75, 3.05) is 12.4 Å². The lowest BCUT2D eigenvalue weighted by Crippen LogP contribution is -2.03. The molecule has 1 N–H and O–H groups in total. The molecule has 0 aliphatic carbocycles. The van der Waals surface area contributed by atoms with E-state index in [1.54, 1.807) is 18.7 Å². The molecule has 0 aliphatic rings. The molecule has 0 amide bonds. The highest BCUT2D eigenvalue weighted by atomic mass is 79.9. The molecule has 1 rings (SSSR count). The van der Waals surface area contributed by atoms with Crippen molar-refractivity contribution in [2.24, 2.45) is 5.92 Å². The van der Waals surface area contributed by atoms with Gasteiger partial charge in [0.25, 0.3) is 0 Å². The molecular formula is C12H15BrO2S. The van der Waals surface area contributed by atoms with Gasteiger partial charge in [0.15, 0.2) is 5.78 Å². The van der Waals surface area contributed by atoms with Gasteiger partial charge in [-0.05, 0) is 40.9 Å². The Labute approximate surface area is 109 Å². The maximum Gasteiger partial charge on any atom is 0.159 e. The van der Waals surface area contributed by atoms with Crippen molar-refractivity contribution in [3.63, 3.8) is 0 Å². The van der Waals surface area contributed by atoms with Crippen LogP contribution in [0.2, 0.25) is 0 Å². The number of hydrogen-bond acceptors (Lipinski definition) is 3. The number of aliphatic hydroxyl groups excluding tert-OH is 1. The Kier molecular flexibility index (Phi) is 5.52. The van der Waals surface area contributed by atoms with Crippen molar-refractivity contribution < 1.29 is 9.90 Å². The van der Waals surface area contributed by atoms with E-state index in [4.69, 9.17) is 5.11 Å². The maximum atomic E-state index is 11.2. The predicted octanol–water partition coefficient (Wildman–Crippen LogP) is 3.37. The van der Waals surface area contributed by atoms with Gasteiger partial charge in [0.05, 0.1) is 0 Å². The summed E-state index contributed by atoms with van der Waals surface area (Å²) in [4.78, 5) is 12.3. The minimum atomic E-state index is 0.0703. The average Bonchev–Trinajstić information content (AvgIpc) is 2.26. The number of rotatable bonds is 5. The smallest absolute Gasteiger partial charge is 0.159 e. The molecule has 0 heterocycles. The summed E-state index contributed by atoms with van der Waals surface area (Å²) in [6, 6.07) is 5.61. The first-order valence-electron chi connectivity index (χ1n) is 5.08. The topological polar surface area (TPSA) is 37.3 Å². The Hall–Kier alpha value is -0.320. The van der Waals surface area contributed by atoms with Crippen LogP contribution in [0, 0.1) is 5.92 Å². The predicted molar refractivity (Wildman–Crippen MR) is 71.1 cm³/mol. The third-order valence-corrected chi connectivity index (χ3v) is 4.49. The van der Waals surface area contributed by atoms with Gasteiger partial charge >= 0.3 is 0 Å². The van der Waals surface area contributed by atoms with Crippen LogP contribution in [0.4, 0.5) is 0 Å². The summed E-state index contributed by atoms with van der Waals surface area (Å²) >= 11 is 5.13. The lowest BCUT2D eigenvalue weighted by atomic mass is 10.2. The maximum absolute atomic E-state index is 11.2. The highest BCUT2D eigenvalue weighted by Crippen LogP contribution is 2.29. The fourth-order valence-corrected chi connectivity index (χ4v) is 2.77. The van der Waals surface area contributed by atoms with E-state index in [2.05, 4.69) is 15.9 Å². The van der Waals surface area contributed by atoms with Crippen LogP contribution in [0.3, 0.4) is 0 Å². The number of hydrogen-bond donors (Lipinski definition) is 1. The number of carbonyl (C=O) groups is 1. The van der Waals surface area contributed by atoms with Crippen molar-refractivity contribution in [3.05, 3.63) is 28.2 Å². The minimum absolute atomic E-state index is 0.0703. The number of benzene rings is 1. The Balaban J connectivity index is 2.72. The van der Waals surface area contributed by atoms with Crippen molar-refractivity contribution in [2.45, 2.75) is 18.7 Å². The van der Waals surface area contributed by atoms with Crippen molar-refractivity contribution in [3.8, 4) is 0 Å². The molecule has 0 aliphatic heterocycles. The van der Waals surface area contributed by atoms with Crippen LogP contribution in [-0.2, 0) is 0 Å². The average molecular weight is 303 g/mol. The molecule has 2 nitrogen and oxygen atoms in total. The molecule has 0 radical (unpaired) electrons. The van der Waals surface area contributed by atoms with Crippen LogP contribution >= 0.6 is 27.7 Å². The van der Waals surface area contributed by atoms with Crippen molar-refractivity contribution >= 4 is 33.5 Å². The molecular weight excluding hydrogens is 288 g/mol. The lowest BCUT2D eigenvalue weighted by Gasteiger charge is -2.09. The molecule has 1 aromatic rings. The first-order chi connectivity index (χ1) is 7.54. The summed E-state index contributed by atoms with van der Waals surface area (Å²) in [5.41, 5.74) is 0.714. The summed E-state index contributed by atoms with van der Waals surface area (Å²) in [7, 11) is 0. The van der Waals surface area contributed by atoms with Crippen LogP contribution in [-0.4, -0.2) is 23.2 Å². The Morgan fingerprint density at radius 3 is 2.75 bits per heavy atom. The first kappa shape index (κ1) is 13.7. The SMILES string of the molecule is CC(=O)c1ccc(SCC(C)CO)c(Br)c1. The van der Waals surface area contributed by atoms with Gasteiger partial charge in [-0.3, -0.25) is 4.79 Å². The van der Waals surface area contributed by atoms with Crippen LogP contribution in [0.25, 0.3) is 0 Å². The molecule has 1 aromatic carbocycles. The third kappa shape index (κ3) is 3.92. The van der Waals surface area contributed by atoms with Crippen LogP contribution in [0.15, 0.2) is 27.6 Å². The fourth-order valence-electron chi connectivity index (χ4n) is 1.12. The zero-order chi connectivity index (χ0) is 12.1. The number of halogens is 1. The lowest BCUT2D eigenvalue weighted by molar-refractivity contribution is 0.101. The van der Waals surface area contributed by atoms with Gasteiger partial charge in [0.2, 0.25) is 0 Å². The molecule has 4 heteroatoms. The van der Waals surface area contributed by atoms with Gasteiger partial charge in [-0.1, -0.05) is 13.0 Å². The van der Waals surface area contributed by atoms with Crippen molar-refractivity contribution in [1.29, 1.82) is 0 Å². The number of carbonyl (C=O) groups excluding carboxylic acids is 1. The monoisotopic (exact) mass is 302 g/mol. The number of Topliss-reactive ketones (excluding diaryl/α,β-unsaturated/α-hetero) is 1. The standard InChI is InChI=1S/C12H15BrO2S/c1-8(6-14)7-16-12-4-3-10(9(2)15)5-11(12)13/h3-5,8,14H,6-7H2,1-2H3. The largest absolute Gasteiger partial charge is 0.396 e. The van der Waals surface area contributed by atoms with E-state index in [0.717, 1.165) is 15.1 Å². The van der Waals surface area contributed by atoms with Crippen LogP contribution in [0.1, 0.15) is 24.2 Å². The van der Waals surface area contributed by atoms with Gasteiger partial charge in [-0.15, -0.1) is 11.8 Å². The highest BCUT2D eigenvalue weighted by molar-refractivity contribution is 9.10. The summed E-state index contributed by atoms with van der Waals surface area (Å²) in [6.45, 7) is 3.77. The van der Waals surface area contributed by atoms with Crippen LogP contribution < -0.4 is 0 Å². The van der Waals surface area contributed by atoms with Crippen LogP contribution in [0.5, 0.6) is 0 Å². The molecule has 1 unspecified atom stereocenters. The van der Waals surface area contributed by atoms with Gasteiger partial charge in [-0.2, -0.15) is 0 Å². The van der Waals surface area contributed by atoms with Crippen molar-refractivity contribution in [1.82, 2.24) is 0 Å². The van der Waals surface area contributed by atoms with Gasteiger partial charge < -0.3 is 5.11 Å². The first-order valence-corrected chi connectivity index (χ1v) is 6.86. The second kappa shape index (κ2) is 6.42. The van der Waals surface area contributed by atoms with Gasteiger partial charge in [0.1, 0.15) is 0 Å². The normalized spacial score (nSPS) is 12.5. The van der Waals surface area contributed by atoms with E-state index in [1.807, 2.05) is 25.1 Å². The third-order valence-electron chi connectivity index (χ3n) is 2.17. The van der Waals surface area contributed by atoms with E-state index in [1.165, 1.54) is 0 Å². The zero-order valence-electron chi connectivity index (χ0n) is 9.37. The molecule has 0 bridgehead atoms. The molecule has 0 fully saturated rings. The fraction of sp³-hybridized carbons (Fsp3) is 0.417. The molecule has 0 saturated heterocycles. The quantitative estimate of drug-likeness (QED) is 0.669. The van der Waals surface area contributed by atoms with E-state index < -0.39 is 0 Å². The number of ketones is 1. The summed E-state index contributed by atoms with van der Waals surface area (Å²) in [5.74, 6) is 1.22. The van der Waals surface area contributed by atoms with Gasteiger partial charge in [0, 0.05) is 27.3 Å². The van der Waals surface area contributed by atoms with E-state index in [-0.39, 0.29) is 18.3 Å². The molecule has 16 heavy (non-hydrogen) atoms. The highest BCUT2D eigenvalue weighted by Gasteiger charge is 2.07. The molecule has 1 atom stereocenters. The molecule has 0 aromatic heterocycles. The Morgan fingerprint density at radius 2 is 2.25 bits per heavy atom. The Morgan fingerprint density at radius 1 is 1.56 bits per heavy atom. The second-order valence-electron chi connectivity index (χ2n) is 3.80. The molecule has 88 valence electrons. The number of aliphatic hydroxyl groups is 1. The summed E-state index contributed by atoms with van der Waals surface area (Å²) < 4.78 is 0.940. The minimum Gasteiger partial charge on any atom is -0.396 e. The summed E-state index contributed by atoms with van der Waals surface area (Å²) in [5, 5.41) is 8.93. The van der Waals surface area contributed by atoms with E-state index in [9.17, 15) is 4.79 Å². The van der Waals surface area contributed by atoms with E-state index in [0.29, 0.717) is 5.56 Å². The Bertz CT molecular complexity index is 379. The molecule has 0 saturated carbocycles. The zero-order valence-corrected chi connectivity index (χ0v) is 11.8. The van der Waals surface area contributed by atoms with E-state index >= 15 is 0 Å². The molecule has 0 spiro atoms. The number of thioether (sulfide) groups is 1. The van der Waals surface area contributed by atoms with Gasteiger partial charge in [-0.25, -0.2) is 0 Å². The second-order valence-corrected chi connectivity index (χ2v) is 5.72.